The van der Waals surface area contributed by atoms with Gasteiger partial charge in [0, 0.05) is 41.5 Å². The highest BCUT2D eigenvalue weighted by molar-refractivity contribution is 5.82. The average Bonchev–Trinajstić information content (AvgIpc) is 2.94. The largest absolute Gasteiger partial charge is 0.504 e. The lowest BCUT2D eigenvalue weighted by atomic mass is 9.89. The Bertz CT molecular complexity index is 1860. The SMILES string of the molecule is COc1ccc2[nH]c(=O)c([C@H](CC(=O)NCCc3ccc(O)c(O)c3)c3c(O)nc4ccccn4c3=O)cc2c1. The molecule has 5 aromatic rings. The number of fused-ring (bicyclic) bond motifs is 2. The van der Waals surface area contributed by atoms with Crippen LogP contribution in [0.15, 0.2) is 76.4 Å². The van der Waals surface area contributed by atoms with Crippen LogP contribution in [0.5, 0.6) is 23.1 Å². The van der Waals surface area contributed by atoms with Gasteiger partial charge in [0.25, 0.3) is 11.1 Å². The molecule has 0 aliphatic rings. The summed E-state index contributed by atoms with van der Waals surface area (Å²) in [6, 6.07) is 15.9. The molecule has 0 bridgehead atoms. The summed E-state index contributed by atoms with van der Waals surface area (Å²) in [4.78, 5) is 46.8. The van der Waals surface area contributed by atoms with E-state index < -0.39 is 28.8 Å². The van der Waals surface area contributed by atoms with Gasteiger partial charge in [0.1, 0.15) is 11.4 Å². The normalized spacial score (nSPS) is 11.9. The molecule has 204 valence electrons. The molecule has 0 saturated heterocycles. The van der Waals surface area contributed by atoms with Crippen LogP contribution in [-0.2, 0) is 11.2 Å². The number of ether oxygens (including phenoxy) is 1. The Balaban J connectivity index is 1.53. The molecule has 40 heavy (non-hydrogen) atoms. The molecular weight excluding hydrogens is 516 g/mol. The molecule has 5 N–H and O–H groups in total. The van der Waals surface area contributed by atoms with Gasteiger partial charge in [-0.1, -0.05) is 12.1 Å². The third-order valence-corrected chi connectivity index (χ3v) is 6.72. The van der Waals surface area contributed by atoms with Crippen molar-refractivity contribution in [3.05, 3.63) is 104 Å². The number of nitrogens with zero attached hydrogens (tertiary/aromatic N) is 2. The van der Waals surface area contributed by atoms with Crippen LogP contribution in [-0.4, -0.2) is 49.2 Å². The van der Waals surface area contributed by atoms with E-state index in [0.717, 1.165) is 0 Å². The molecule has 2 aromatic carbocycles. The fourth-order valence-corrected chi connectivity index (χ4v) is 4.68. The smallest absolute Gasteiger partial charge is 0.265 e. The number of hydrogen-bond donors (Lipinski definition) is 5. The molecule has 11 nitrogen and oxygen atoms in total. The number of pyridine rings is 2. The number of aromatic hydroxyl groups is 3. The number of carbonyl (C=O) groups is 1. The predicted octanol–water partition coefficient (Wildman–Crippen LogP) is 2.54. The van der Waals surface area contributed by atoms with Crippen molar-refractivity contribution in [1.29, 1.82) is 0 Å². The van der Waals surface area contributed by atoms with Gasteiger partial charge in [-0.25, -0.2) is 0 Å². The number of phenolic OH excluding ortho intramolecular Hbond substituents is 2. The molecule has 0 radical (unpaired) electrons. The third-order valence-electron chi connectivity index (χ3n) is 6.72. The predicted molar refractivity (Wildman–Crippen MR) is 147 cm³/mol. The van der Waals surface area contributed by atoms with Gasteiger partial charge in [0.2, 0.25) is 11.8 Å². The number of amides is 1. The van der Waals surface area contributed by atoms with Crippen molar-refractivity contribution in [2.45, 2.75) is 18.8 Å². The molecule has 0 fully saturated rings. The van der Waals surface area contributed by atoms with Gasteiger partial charge < -0.3 is 30.4 Å². The van der Waals surface area contributed by atoms with Crippen LogP contribution in [0, 0.1) is 0 Å². The van der Waals surface area contributed by atoms with Crippen LogP contribution in [0.3, 0.4) is 0 Å². The average molecular weight is 543 g/mol. The highest BCUT2D eigenvalue weighted by Crippen LogP contribution is 2.31. The number of hydrogen-bond acceptors (Lipinski definition) is 8. The minimum atomic E-state index is -1.13. The van der Waals surface area contributed by atoms with E-state index in [2.05, 4.69) is 15.3 Å². The highest BCUT2D eigenvalue weighted by Gasteiger charge is 2.29. The number of aromatic nitrogens is 3. The Kier molecular flexibility index (Phi) is 7.11. The Morgan fingerprint density at radius 3 is 2.65 bits per heavy atom. The first-order valence-corrected chi connectivity index (χ1v) is 12.4. The maximum absolute atomic E-state index is 13.5. The number of carbonyl (C=O) groups excluding carboxylic acids is 1. The van der Waals surface area contributed by atoms with E-state index in [0.29, 0.717) is 28.6 Å². The monoisotopic (exact) mass is 542 g/mol. The van der Waals surface area contributed by atoms with Crippen molar-refractivity contribution >= 4 is 22.5 Å². The molecule has 1 atom stereocenters. The van der Waals surface area contributed by atoms with Crippen LogP contribution in [0.25, 0.3) is 16.6 Å². The summed E-state index contributed by atoms with van der Waals surface area (Å²) in [7, 11) is 1.51. The van der Waals surface area contributed by atoms with Gasteiger partial charge in [-0.2, -0.15) is 4.98 Å². The first-order valence-electron chi connectivity index (χ1n) is 12.4. The summed E-state index contributed by atoms with van der Waals surface area (Å²) >= 11 is 0. The van der Waals surface area contributed by atoms with Crippen LogP contribution in [0.2, 0.25) is 0 Å². The Morgan fingerprint density at radius 2 is 1.88 bits per heavy atom. The third kappa shape index (κ3) is 5.17. The molecule has 3 aromatic heterocycles. The summed E-state index contributed by atoms with van der Waals surface area (Å²) in [5.41, 5.74) is 0.220. The van der Waals surface area contributed by atoms with Gasteiger partial charge in [0.15, 0.2) is 11.5 Å². The van der Waals surface area contributed by atoms with E-state index in [4.69, 9.17) is 4.74 Å². The van der Waals surface area contributed by atoms with Crippen LogP contribution < -0.4 is 21.2 Å². The van der Waals surface area contributed by atoms with Gasteiger partial charge in [-0.3, -0.25) is 18.8 Å². The summed E-state index contributed by atoms with van der Waals surface area (Å²) in [6.07, 6.45) is 1.52. The zero-order chi connectivity index (χ0) is 28.4. The summed E-state index contributed by atoms with van der Waals surface area (Å²) in [6.45, 7) is 0.183. The molecule has 11 heteroatoms. The minimum Gasteiger partial charge on any atom is -0.504 e. The molecule has 5 rings (SSSR count). The van der Waals surface area contributed by atoms with Gasteiger partial charge in [-0.15, -0.1) is 0 Å². The number of methoxy groups -OCH3 is 1. The van der Waals surface area contributed by atoms with Crippen molar-refractivity contribution in [3.63, 3.8) is 0 Å². The van der Waals surface area contributed by atoms with E-state index in [-0.39, 0.29) is 41.2 Å². The second-order valence-corrected chi connectivity index (χ2v) is 9.27. The van der Waals surface area contributed by atoms with Crippen molar-refractivity contribution in [2.75, 3.05) is 13.7 Å². The van der Waals surface area contributed by atoms with Gasteiger partial charge in [-0.05, 0) is 60.5 Å². The number of H-pyrrole nitrogens is 1. The van der Waals surface area contributed by atoms with Gasteiger partial charge >= 0.3 is 0 Å². The lowest BCUT2D eigenvalue weighted by Gasteiger charge is -2.18. The molecule has 1 amide bonds. The number of nitrogens with one attached hydrogen (secondary N) is 2. The lowest BCUT2D eigenvalue weighted by molar-refractivity contribution is -0.121. The standard InChI is InChI=1S/C29H26N4O7/c1-40-18-6-7-21-17(13-18)14-20(27(37)31-21)19(26-28(38)32-24-4-2-3-11-33(24)29(26)39)15-25(36)30-10-9-16-5-8-22(34)23(35)12-16/h2-8,11-14,19,34-35,38H,9-10,15H2,1H3,(H,30,36)(H,31,37)/t19-/m0/s1. The van der Waals surface area contributed by atoms with E-state index in [1.54, 1.807) is 48.5 Å². The van der Waals surface area contributed by atoms with Crippen molar-refractivity contribution in [2.24, 2.45) is 0 Å². The Labute approximate surface area is 227 Å². The number of benzene rings is 2. The molecule has 0 aliphatic heterocycles. The second kappa shape index (κ2) is 10.8. The quantitative estimate of drug-likeness (QED) is 0.187. The van der Waals surface area contributed by atoms with E-state index in [9.17, 15) is 29.7 Å². The molecule has 0 aliphatic carbocycles. The summed E-state index contributed by atoms with van der Waals surface area (Å²) in [5, 5.41) is 33.4. The zero-order valence-electron chi connectivity index (χ0n) is 21.4. The molecule has 0 spiro atoms. The Hall–Kier alpha value is -5.32. The molecule has 0 unspecified atom stereocenters. The van der Waals surface area contributed by atoms with Crippen molar-refractivity contribution in [1.82, 2.24) is 19.7 Å². The number of phenols is 2. The maximum atomic E-state index is 13.5. The van der Waals surface area contributed by atoms with Crippen LogP contribution >= 0.6 is 0 Å². The molecule has 3 heterocycles. The second-order valence-electron chi connectivity index (χ2n) is 9.27. The Morgan fingerprint density at radius 1 is 1.05 bits per heavy atom. The number of rotatable bonds is 8. The fraction of sp³-hybridized carbons (Fsp3) is 0.172. The first-order chi connectivity index (χ1) is 19.2. The summed E-state index contributed by atoms with van der Waals surface area (Å²) in [5.74, 6) is -2.14. The van der Waals surface area contributed by atoms with Crippen LogP contribution in [0.4, 0.5) is 0 Å². The maximum Gasteiger partial charge on any atom is 0.265 e. The van der Waals surface area contributed by atoms with Gasteiger partial charge in [0.05, 0.1) is 12.7 Å². The first kappa shape index (κ1) is 26.3. The number of aromatic amines is 1. The molecular formula is C29H26N4O7. The topological polar surface area (TPSA) is 166 Å². The van der Waals surface area contributed by atoms with E-state index in [1.807, 2.05) is 0 Å². The van der Waals surface area contributed by atoms with Crippen molar-refractivity contribution < 1.29 is 24.9 Å². The van der Waals surface area contributed by atoms with Crippen molar-refractivity contribution in [3.8, 4) is 23.1 Å². The summed E-state index contributed by atoms with van der Waals surface area (Å²) < 4.78 is 6.54. The minimum absolute atomic E-state index is 0.101. The fourth-order valence-electron chi connectivity index (χ4n) is 4.68. The lowest BCUT2D eigenvalue weighted by Crippen LogP contribution is -2.32. The van der Waals surface area contributed by atoms with E-state index >= 15 is 0 Å². The van der Waals surface area contributed by atoms with E-state index in [1.165, 1.54) is 29.8 Å². The highest BCUT2D eigenvalue weighted by atomic mass is 16.5. The zero-order valence-corrected chi connectivity index (χ0v) is 21.4. The molecule has 0 saturated carbocycles. The van der Waals surface area contributed by atoms with Crippen LogP contribution in [0.1, 0.15) is 29.0 Å².